The molecular weight excluding hydrogens is 320 g/mol. The minimum absolute atomic E-state index is 0.507. The summed E-state index contributed by atoms with van der Waals surface area (Å²) < 4.78 is 6.03. The number of aryl methyl sites for hydroxylation is 1. The van der Waals surface area contributed by atoms with Gasteiger partial charge in [-0.05, 0) is 74.7 Å². The van der Waals surface area contributed by atoms with Crippen LogP contribution in [0.3, 0.4) is 0 Å². The highest BCUT2D eigenvalue weighted by Crippen LogP contribution is 2.29. The second kappa shape index (κ2) is 7.46. The van der Waals surface area contributed by atoms with E-state index >= 15 is 0 Å². The Morgan fingerprint density at radius 2 is 1.92 bits per heavy atom. The molecule has 0 amide bonds. The largest absolute Gasteiger partial charge is 0.487 e. The Hall–Kier alpha value is -2.39. The number of nitrogens with zero attached hydrogens (tertiary/aromatic N) is 2. The van der Waals surface area contributed by atoms with E-state index in [2.05, 4.69) is 54.3 Å². The van der Waals surface area contributed by atoms with Gasteiger partial charge >= 0.3 is 0 Å². The zero-order valence-corrected chi connectivity index (χ0v) is 15.6. The van der Waals surface area contributed by atoms with Gasteiger partial charge in [0.05, 0.1) is 11.2 Å². The molecular formula is C23H26N2O. The molecule has 26 heavy (non-hydrogen) atoms. The average molecular weight is 346 g/mol. The zero-order valence-electron chi connectivity index (χ0n) is 15.6. The zero-order chi connectivity index (χ0) is 17.9. The first-order chi connectivity index (χ1) is 12.7. The van der Waals surface area contributed by atoms with Crippen LogP contribution in [-0.4, -0.2) is 30.5 Å². The molecule has 2 aromatic carbocycles. The third-order valence-electron chi connectivity index (χ3n) is 5.17. The van der Waals surface area contributed by atoms with Crippen molar-refractivity contribution < 1.29 is 4.74 Å². The molecule has 0 N–H and O–H groups in total. The van der Waals surface area contributed by atoms with Gasteiger partial charge in [0.1, 0.15) is 12.4 Å². The first kappa shape index (κ1) is 17.0. The molecule has 134 valence electrons. The second-order valence-electron chi connectivity index (χ2n) is 7.59. The van der Waals surface area contributed by atoms with Gasteiger partial charge < -0.3 is 9.64 Å². The Morgan fingerprint density at radius 1 is 1.04 bits per heavy atom. The van der Waals surface area contributed by atoms with Gasteiger partial charge in [-0.1, -0.05) is 30.3 Å². The summed E-state index contributed by atoms with van der Waals surface area (Å²) in [6.07, 6.45) is 3.60. The highest BCUT2D eigenvalue weighted by Gasteiger charge is 2.19. The average Bonchev–Trinajstić information content (AvgIpc) is 2.65. The number of hydrogen-bond acceptors (Lipinski definition) is 3. The highest BCUT2D eigenvalue weighted by molar-refractivity contribution is 5.78. The van der Waals surface area contributed by atoms with Crippen LogP contribution in [0.1, 0.15) is 23.2 Å². The molecule has 1 aliphatic carbocycles. The normalized spacial score (nSPS) is 16.7. The Bertz CT molecular complexity index is 904. The van der Waals surface area contributed by atoms with Crippen molar-refractivity contribution in [2.24, 2.45) is 5.92 Å². The van der Waals surface area contributed by atoms with Crippen molar-refractivity contribution >= 4 is 10.9 Å². The molecule has 0 fully saturated rings. The molecule has 1 heterocycles. The maximum absolute atomic E-state index is 6.03. The van der Waals surface area contributed by atoms with E-state index in [-0.39, 0.29) is 0 Å². The molecule has 0 aliphatic heterocycles. The molecule has 0 saturated heterocycles. The lowest BCUT2D eigenvalue weighted by molar-refractivity contribution is 0.295. The summed E-state index contributed by atoms with van der Waals surface area (Å²) in [4.78, 5) is 6.98. The smallest absolute Gasteiger partial charge is 0.130 e. The predicted molar refractivity (Wildman–Crippen MR) is 107 cm³/mol. The van der Waals surface area contributed by atoms with Gasteiger partial charge in [-0.15, -0.1) is 0 Å². The molecule has 0 spiro atoms. The third-order valence-corrected chi connectivity index (χ3v) is 5.17. The van der Waals surface area contributed by atoms with Gasteiger partial charge in [0.15, 0.2) is 0 Å². The molecule has 1 aromatic heterocycles. The Kier molecular flexibility index (Phi) is 4.89. The number of aromatic nitrogens is 1. The first-order valence-corrected chi connectivity index (χ1v) is 9.41. The fourth-order valence-electron chi connectivity index (χ4n) is 3.91. The Balaban J connectivity index is 1.42. The van der Waals surface area contributed by atoms with Crippen LogP contribution in [-0.2, 0) is 19.4 Å². The van der Waals surface area contributed by atoms with Gasteiger partial charge in [-0.25, -0.2) is 4.98 Å². The van der Waals surface area contributed by atoms with Crippen molar-refractivity contribution in [3.05, 3.63) is 71.4 Å². The van der Waals surface area contributed by atoms with Crippen LogP contribution in [0.4, 0.5) is 0 Å². The topological polar surface area (TPSA) is 25.4 Å². The number of fused-ring (bicyclic) bond motifs is 2. The van der Waals surface area contributed by atoms with E-state index < -0.39 is 0 Å². The van der Waals surface area contributed by atoms with Crippen LogP contribution < -0.4 is 4.74 Å². The fourth-order valence-corrected chi connectivity index (χ4v) is 3.91. The minimum Gasteiger partial charge on any atom is -0.487 e. The van der Waals surface area contributed by atoms with Crippen LogP contribution in [0.2, 0.25) is 0 Å². The second-order valence-corrected chi connectivity index (χ2v) is 7.59. The molecule has 3 nitrogen and oxygen atoms in total. The minimum atomic E-state index is 0.507. The molecule has 1 unspecified atom stereocenters. The van der Waals surface area contributed by atoms with Crippen molar-refractivity contribution in [1.82, 2.24) is 9.88 Å². The number of pyridine rings is 1. The van der Waals surface area contributed by atoms with Crippen LogP contribution in [0.15, 0.2) is 54.6 Å². The third kappa shape index (κ3) is 3.88. The van der Waals surface area contributed by atoms with E-state index in [9.17, 15) is 0 Å². The lowest BCUT2D eigenvalue weighted by Crippen LogP contribution is -2.26. The molecule has 0 saturated carbocycles. The summed E-state index contributed by atoms with van der Waals surface area (Å²) in [7, 11) is 4.32. The molecule has 0 radical (unpaired) electrons. The van der Waals surface area contributed by atoms with Gasteiger partial charge in [0.25, 0.3) is 0 Å². The SMILES string of the molecule is CN(C)CC1CCc2cc(OCc3ccc4ccccc4n3)ccc2C1. The molecule has 1 atom stereocenters. The van der Waals surface area contributed by atoms with E-state index in [0.29, 0.717) is 6.61 Å². The number of ether oxygens (including phenoxy) is 1. The molecule has 3 heteroatoms. The van der Waals surface area contributed by atoms with Gasteiger partial charge in [-0.2, -0.15) is 0 Å². The molecule has 1 aliphatic rings. The summed E-state index contributed by atoms with van der Waals surface area (Å²) in [5.74, 6) is 1.72. The monoisotopic (exact) mass is 346 g/mol. The molecule has 3 aromatic rings. The maximum Gasteiger partial charge on any atom is 0.130 e. The number of hydrogen-bond donors (Lipinski definition) is 0. The Labute approximate surface area is 155 Å². The van der Waals surface area contributed by atoms with Crippen LogP contribution in [0.25, 0.3) is 10.9 Å². The standard InChI is InChI=1S/C23H26N2O/c1-25(2)15-17-7-8-20-14-22(12-10-19(20)13-17)26-16-21-11-9-18-5-3-4-6-23(18)24-21/h3-6,9-12,14,17H,7-8,13,15-16H2,1-2H3. The molecule has 4 rings (SSSR count). The summed E-state index contributed by atoms with van der Waals surface area (Å²) in [5, 5.41) is 1.16. The summed E-state index contributed by atoms with van der Waals surface area (Å²) in [6.45, 7) is 1.68. The van der Waals surface area contributed by atoms with E-state index in [4.69, 9.17) is 4.74 Å². The van der Waals surface area contributed by atoms with E-state index in [1.165, 1.54) is 30.5 Å². The Morgan fingerprint density at radius 3 is 2.81 bits per heavy atom. The summed E-state index contributed by atoms with van der Waals surface area (Å²) >= 11 is 0. The molecule has 0 bridgehead atoms. The van der Waals surface area contributed by atoms with Crippen molar-refractivity contribution in [2.75, 3.05) is 20.6 Å². The number of para-hydroxylation sites is 1. The van der Waals surface area contributed by atoms with Crippen molar-refractivity contribution in [3.8, 4) is 5.75 Å². The maximum atomic E-state index is 6.03. The lowest BCUT2D eigenvalue weighted by atomic mass is 9.83. The van der Waals surface area contributed by atoms with E-state index in [1.54, 1.807) is 0 Å². The predicted octanol–water partition coefficient (Wildman–Crippen LogP) is 4.48. The number of benzene rings is 2. The summed E-state index contributed by atoms with van der Waals surface area (Å²) in [5.41, 5.74) is 4.92. The van der Waals surface area contributed by atoms with Gasteiger partial charge in [-0.3, -0.25) is 0 Å². The fraction of sp³-hybridized carbons (Fsp3) is 0.348. The highest BCUT2D eigenvalue weighted by atomic mass is 16.5. The van der Waals surface area contributed by atoms with Gasteiger partial charge in [0, 0.05) is 11.9 Å². The van der Waals surface area contributed by atoms with E-state index in [0.717, 1.165) is 34.7 Å². The van der Waals surface area contributed by atoms with Crippen molar-refractivity contribution in [1.29, 1.82) is 0 Å². The number of rotatable bonds is 5. The quantitative estimate of drug-likeness (QED) is 0.681. The van der Waals surface area contributed by atoms with Crippen LogP contribution >= 0.6 is 0 Å². The van der Waals surface area contributed by atoms with Crippen LogP contribution in [0, 0.1) is 5.92 Å². The van der Waals surface area contributed by atoms with E-state index in [1.807, 2.05) is 24.3 Å². The summed E-state index contributed by atoms with van der Waals surface area (Å²) in [6, 6.07) is 18.9. The van der Waals surface area contributed by atoms with Crippen LogP contribution in [0.5, 0.6) is 5.75 Å². The first-order valence-electron chi connectivity index (χ1n) is 9.41. The van der Waals surface area contributed by atoms with Crippen molar-refractivity contribution in [3.63, 3.8) is 0 Å². The van der Waals surface area contributed by atoms with Crippen molar-refractivity contribution in [2.45, 2.75) is 25.9 Å². The lowest BCUT2D eigenvalue weighted by Gasteiger charge is -2.27. The van der Waals surface area contributed by atoms with Gasteiger partial charge in [0.2, 0.25) is 0 Å².